The molecule has 3 nitrogen and oxygen atoms in total. The standard InChI is InChI=1S/C10H11FO3/c1-2-13-9-4-3-8(11)7-10(9)14-6-5-12/h3-5,7H,2,6H2,1H3. The van der Waals surface area contributed by atoms with Crippen LogP contribution in [0.25, 0.3) is 0 Å². The molecule has 0 saturated heterocycles. The van der Waals surface area contributed by atoms with Gasteiger partial charge in [-0.05, 0) is 19.1 Å². The minimum atomic E-state index is -0.422. The fourth-order valence-electron chi connectivity index (χ4n) is 0.993. The minimum absolute atomic E-state index is 0.108. The van der Waals surface area contributed by atoms with Gasteiger partial charge in [-0.1, -0.05) is 0 Å². The summed E-state index contributed by atoms with van der Waals surface area (Å²) in [5.41, 5.74) is 0. The molecule has 76 valence electrons. The van der Waals surface area contributed by atoms with Crippen molar-refractivity contribution in [3.8, 4) is 11.5 Å². The molecule has 0 heterocycles. The molecule has 0 aliphatic rings. The summed E-state index contributed by atoms with van der Waals surface area (Å²) in [7, 11) is 0. The number of carbonyl (C=O) groups excluding carboxylic acids is 1. The molecular weight excluding hydrogens is 187 g/mol. The molecule has 0 aliphatic carbocycles. The number of benzene rings is 1. The van der Waals surface area contributed by atoms with Gasteiger partial charge in [0.05, 0.1) is 6.61 Å². The number of carbonyl (C=O) groups is 1. The number of hydrogen-bond acceptors (Lipinski definition) is 3. The van der Waals surface area contributed by atoms with E-state index < -0.39 is 5.82 Å². The average molecular weight is 198 g/mol. The highest BCUT2D eigenvalue weighted by atomic mass is 19.1. The molecule has 0 unspecified atom stereocenters. The summed E-state index contributed by atoms with van der Waals surface area (Å²) >= 11 is 0. The van der Waals surface area contributed by atoms with Crippen molar-refractivity contribution in [2.75, 3.05) is 13.2 Å². The second-order valence-electron chi connectivity index (χ2n) is 2.50. The van der Waals surface area contributed by atoms with Crippen molar-refractivity contribution in [3.05, 3.63) is 24.0 Å². The van der Waals surface area contributed by atoms with E-state index >= 15 is 0 Å². The predicted molar refractivity (Wildman–Crippen MR) is 49.1 cm³/mol. The van der Waals surface area contributed by atoms with Gasteiger partial charge in [0, 0.05) is 6.07 Å². The van der Waals surface area contributed by atoms with Crippen molar-refractivity contribution in [2.24, 2.45) is 0 Å². The van der Waals surface area contributed by atoms with Crippen LogP contribution < -0.4 is 9.47 Å². The number of halogens is 1. The molecule has 1 aromatic carbocycles. The summed E-state index contributed by atoms with van der Waals surface area (Å²) in [6, 6.07) is 3.94. The number of aldehydes is 1. The molecule has 0 amide bonds. The normalized spacial score (nSPS) is 9.57. The van der Waals surface area contributed by atoms with E-state index in [1.807, 2.05) is 6.92 Å². The maximum absolute atomic E-state index is 12.8. The van der Waals surface area contributed by atoms with E-state index in [4.69, 9.17) is 9.47 Å². The highest BCUT2D eigenvalue weighted by molar-refractivity contribution is 5.52. The molecule has 1 rings (SSSR count). The Bertz CT molecular complexity index is 312. The van der Waals surface area contributed by atoms with Gasteiger partial charge in [-0.25, -0.2) is 4.39 Å². The average Bonchev–Trinajstić information content (AvgIpc) is 2.18. The Labute approximate surface area is 81.4 Å². The summed E-state index contributed by atoms with van der Waals surface area (Å²) in [4.78, 5) is 10.1. The summed E-state index contributed by atoms with van der Waals surface area (Å²) in [6.07, 6.45) is 0.598. The van der Waals surface area contributed by atoms with Crippen LogP contribution in [0.4, 0.5) is 4.39 Å². The van der Waals surface area contributed by atoms with Gasteiger partial charge in [-0.15, -0.1) is 0 Å². The van der Waals surface area contributed by atoms with Gasteiger partial charge in [-0.3, -0.25) is 4.79 Å². The lowest BCUT2D eigenvalue weighted by molar-refractivity contribution is -0.109. The van der Waals surface area contributed by atoms with Gasteiger partial charge in [0.15, 0.2) is 17.8 Å². The van der Waals surface area contributed by atoms with E-state index in [9.17, 15) is 9.18 Å². The first-order valence-corrected chi connectivity index (χ1v) is 4.26. The van der Waals surface area contributed by atoms with Crippen LogP contribution in [0, 0.1) is 5.82 Å². The van der Waals surface area contributed by atoms with Crippen molar-refractivity contribution in [2.45, 2.75) is 6.92 Å². The van der Waals surface area contributed by atoms with E-state index in [-0.39, 0.29) is 12.4 Å². The molecule has 0 N–H and O–H groups in total. The van der Waals surface area contributed by atoms with Crippen molar-refractivity contribution in [1.82, 2.24) is 0 Å². The fourth-order valence-corrected chi connectivity index (χ4v) is 0.993. The second kappa shape index (κ2) is 5.21. The largest absolute Gasteiger partial charge is 0.490 e. The van der Waals surface area contributed by atoms with Gasteiger partial charge in [-0.2, -0.15) is 0 Å². The molecule has 0 radical (unpaired) electrons. The highest BCUT2D eigenvalue weighted by Gasteiger charge is 2.05. The third kappa shape index (κ3) is 2.73. The molecule has 0 fully saturated rings. The fraction of sp³-hybridized carbons (Fsp3) is 0.300. The molecule has 0 saturated carbocycles. The van der Waals surface area contributed by atoms with Crippen LogP contribution in [0.3, 0.4) is 0 Å². The van der Waals surface area contributed by atoms with E-state index in [0.29, 0.717) is 18.6 Å². The molecule has 0 aromatic heterocycles. The Morgan fingerprint density at radius 1 is 1.36 bits per heavy atom. The molecule has 0 atom stereocenters. The highest BCUT2D eigenvalue weighted by Crippen LogP contribution is 2.27. The Kier molecular flexibility index (Phi) is 3.91. The lowest BCUT2D eigenvalue weighted by Gasteiger charge is -2.09. The van der Waals surface area contributed by atoms with Crippen LogP contribution in [-0.4, -0.2) is 19.5 Å². The third-order valence-electron chi connectivity index (χ3n) is 1.51. The quantitative estimate of drug-likeness (QED) is 0.677. The van der Waals surface area contributed by atoms with E-state index in [0.717, 1.165) is 0 Å². The van der Waals surface area contributed by atoms with Gasteiger partial charge >= 0.3 is 0 Å². The van der Waals surface area contributed by atoms with Gasteiger partial charge in [0.25, 0.3) is 0 Å². The summed E-state index contributed by atoms with van der Waals surface area (Å²) in [5, 5.41) is 0. The van der Waals surface area contributed by atoms with Crippen molar-refractivity contribution in [3.63, 3.8) is 0 Å². The zero-order valence-electron chi connectivity index (χ0n) is 7.83. The van der Waals surface area contributed by atoms with Crippen molar-refractivity contribution >= 4 is 6.29 Å². The third-order valence-corrected chi connectivity index (χ3v) is 1.51. The number of rotatable bonds is 5. The molecule has 14 heavy (non-hydrogen) atoms. The number of ether oxygens (including phenoxy) is 2. The van der Waals surface area contributed by atoms with Crippen LogP contribution in [0.1, 0.15) is 6.92 Å². The maximum Gasteiger partial charge on any atom is 0.164 e. The SMILES string of the molecule is CCOc1ccc(F)cc1OCC=O. The van der Waals surface area contributed by atoms with Crippen LogP contribution in [0.15, 0.2) is 18.2 Å². The Morgan fingerprint density at radius 2 is 2.14 bits per heavy atom. The molecule has 0 bridgehead atoms. The lowest BCUT2D eigenvalue weighted by atomic mass is 10.3. The lowest BCUT2D eigenvalue weighted by Crippen LogP contribution is -2.01. The second-order valence-corrected chi connectivity index (χ2v) is 2.50. The molecular formula is C10H11FO3. The Balaban J connectivity index is 2.84. The zero-order chi connectivity index (χ0) is 10.4. The predicted octanol–water partition coefficient (Wildman–Crippen LogP) is 1.80. The Morgan fingerprint density at radius 3 is 2.79 bits per heavy atom. The summed E-state index contributed by atoms with van der Waals surface area (Å²) in [6.45, 7) is 2.17. The van der Waals surface area contributed by atoms with Crippen LogP contribution in [0.5, 0.6) is 11.5 Å². The van der Waals surface area contributed by atoms with Gasteiger partial charge < -0.3 is 9.47 Å². The van der Waals surface area contributed by atoms with E-state index in [1.54, 1.807) is 0 Å². The smallest absolute Gasteiger partial charge is 0.164 e. The minimum Gasteiger partial charge on any atom is -0.490 e. The van der Waals surface area contributed by atoms with E-state index in [2.05, 4.69) is 0 Å². The summed E-state index contributed by atoms with van der Waals surface area (Å²) in [5.74, 6) is 0.268. The molecule has 0 spiro atoms. The Hall–Kier alpha value is -1.58. The first-order chi connectivity index (χ1) is 6.77. The van der Waals surface area contributed by atoms with E-state index in [1.165, 1.54) is 18.2 Å². The molecule has 0 aliphatic heterocycles. The van der Waals surface area contributed by atoms with Crippen LogP contribution >= 0.6 is 0 Å². The number of hydrogen-bond donors (Lipinski definition) is 0. The monoisotopic (exact) mass is 198 g/mol. The van der Waals surface area contributed by atoms with Crippen LogP contribution in [-0.2, 0) is 4.79 Å². The summed E-state index contributed by atoms with van der Waals surface area (Å²) < 4.78 is 23.0. The van der Waals surface area contributed by atoms with Crippen molar-refractivity contribution in [1.29, 1.82) is 0 Å². The van der Waals surface area contributed by atoms with Crippen LogP contribution in [0.2, 0.25) is 0 Å². The maximum atomic E-state index is 12.8. The van der Waals surface area contributed by atoms with Crippen molar-refractivity contribution < 1.29 is 18.7 Å². The first-order valence-electron chi connectivity index (χ1n) is 4.26. The molecule has 1 aromatic rings. The van der Waals surface area contributed by atoms with Gasteiger partial charge in [0.1, 0.15) is 12.4 Å². The van der Waals surface area contributed by atoms with Gasteiger partial charge in [0.2, 0.25) is 0 Å². The zero-order valence-corrected chi connectivity index (χ0v) is 7.83. The first kappa shape index (κ1) is 10.5. The topological polar surface area (TPSA) is 35.5 Å². The molecule has 4 heteroatoms.